The average molecular weight is 297 g/mol. The van der Waals surface area contributed by atoms with Crippen LogP contribution >= 0.6 is 0 Å². The maximum Gasteiger partial charge on any atom is 0.251 e. The lowest BCUT2D eigenvalue weighted by atomic mass is 10.2. The molecular formula is C13H19N3O3S. The van der Waals surface area contributed by atoms with Gasteiger partial charge in [-0.3, -0.25) is 4.79 Å². The van der Waals surface area contributed by atoms with Gasteiger partial charge in [0.15, 0.2) is 0 Å². The van der Waals surface area contributed by atoms with E-state index in [4.69, 9.17) is 0 Å². The molecule has 1 saturated heterocycles. The van der Waals surface area contributed by atoms with Crippen LogP contribution < -0.4 is 10.6 Å². The minimum atomic E-state index is -3.48. The monoisotopic (exact) mass is 297 g/mol. The summed E-state index contributed by atoms with van der Waals surface area (Å²) in [6, 6.07) is 6.15. The molecule has 1 aromatic rings. The maximum absolute atomic E-state index is 12.5. The highest BCUT2D eigenvalue weighted by molar-refractivity contribution is 7.89. The van der Waals surface area contributed by atoms with Gasteiger partial charge in [0, 0.05) is 38.3 Å². The van der Waals surface area contributed by atoms with Crippen molar-refractivity contribution in [1.82, 2.24) is 14.9 Å². The zero-order chi connectivity index (χ0) is 14.8. The standard InChI is InChI=1S/C13H19N3O3S/c1-10-9-16(8-7-15-10)20(18,19)12-5-3-11(4-6-12)13(17)14-2/h3-6,10,15H,7-9H2,1-2H3,(H,14,17)/t10-/m0/s1. The van der Waals surface area contributed by atoms with Crippen LogP contribution in [-0.4, -0.2) is 51.4 Å². The molecule has 0 unspecified atom stereocenters. The number of nitrogens with zero attached hydrogens (tertiary/aromatic N) is 1. The minimum absolute atomic E-state index is 0.142. The largest absolute Gasteiger partial charge is 0.355 e. The first kappa shape index (κ1) is 15.0. The molecule has 1 heterocycles. The molecule has 0 aromatic heterocycles. The Morgan fingerprint density at radius 1 is 1.35 bits per heavy atom. The van der Waals surface area contributed by atoms with Gasteiger partial charge in [-0.25, -0.2) is 8.42 Å². The SMILES string of the molecule is CNC(=O)c1ccc(S(=O)(=O)N2CCN[C@@H](C)C2)cc1. The van der Waals surface area contributed by atoms with Crippen LogP contribution in [0.5, 0.6) is 0 Å². The summed E-state index contributed by atoms with van der Waals surface area (Å²) >= 11 is 0. The fraction of sp³-hybridized carbons (Fsp3) is 0.462. The molecule has 1 aromatic carbocycles. The number of hydrogen-bond acceptors (Lipinski definition) is 4. The lowest BCUT2D eigenvalue weighted by molar-refractivity contribution is 0.0963. The van der Waals surface area contributed by atoms with Crippen molar-refractivity contribution < 1.29 is 13.2 Å². The summed E-state index contributed by atoms with van der Waals surface area (Å²) in [7, 11) is -1.95. The minimum Gasteiger partial charge on any atom is -0.355 e. The Morgan fingerprint density at radius 3 is 2.55 bits per heavy atom. The molecule has 1 atom stereocenters. The molecule has 1 fully saturated rings. The molecule has 1 aliphatic heterocycles. The van der Waals surface area contributed by atoms with Gasteiger partial charge in [-0.05, 0) is 31.2 Å². The molecule has 1 aliphatic rings. The van der Waals surface area contributed by atoms with Crippen LogP contribution in [0.4, 0.5) is 0 Å². The van der Waals surface area contributed by atoms with E-state index in [0.717, 1.165) is 0 Å². The second kappa shape index (κ2) is 5.90. The summed E-state index contributed by atoms with van der Waals surface area (Å²) < 4.78 is 26.4. The summed E-state index contributed by atoms with van der Waals surface area (Å²) in [6.07, 6.45) is 0. The predicted molar refractivity (Wildman–Crippen MR) is 76.1 cm³/mol. The zero-order valence-corrected chi connectivity index (χ0v) is 12.4. The molecule has 0 bridgehead atoms. The van der Waals surface area contributed by atoms with Gasteiger partial charge in [-0.15, -0.1) is 0 Å². The van der Waals surface area contributed by atoms with E-state index in [-0.39, 0.29) is 16.8 Å². The van der Waals surface area contributed by atoms with Crippen molar-refractivity contribution in [2.75, 3.05) is 26.7 Å². The van der Waals surface area contributed by atoms with Crippen LogP contribution in [0, 0.1) is 0 Å². The Hall–Kier alpha value is -1.44. The fourth-order valence-electron chi connectivity index (χ4n) is 2.19. The molecule has 0 saturated carbocycles. The number of rotatable bonds is 3. The smallest absolute Gasteiger partial charge is 0.251 e. The van der Waals surface area contributed by atoms with Crippen LogP contribution in [0.1, 0.15) is 17.3 Å². The third kappa shape index (κ3) is 3.00. The summed E-state index contributed by atoms with van der Waals surface area (Å²) in [5.74, 6) is -0.232. The Bertz CT molecular complexity index is 583. The van der Waals surface area contributed by atoms with Crippen LogP contribution in [0.2, 0.25) is 0 Å². The van der Waals surface area contributed by atoms with Crippen molar-refractivity contribution in [3.8, 4) is 0 Å². The number of benzene rings is 1. The van der Waals surface area contributed by atoms with Crippen molar-refractivity contribution in [2.24, 2.45) is 0 Å². The van der Waals surface area contributed by atoms with Crippen molar-refractivity contribution >= 4 is 15.9 Å². The second-order valence-electron chi connectivity index (χ2n) is 4.82. The normalized spacial score (nSPS) is 20.6. The van der Waals surface area contributed by atoms with Gasteiger partial charge >= 0.3 is 0 Å². The number of carbonyl (C=O) groups excluding carboxylic acids is 1. The highest BCUT2D eigenvalue weighted by Gasteiger charge is 2.28. The molecule has 7 heteroatoms. The topological polar surface area (TPSA) is 78.5 Å². The van der Waals surface area contributed by atoms with E-state index in [1.54, 1.807) is 0 Å². The third-order valence-electron chi connectivity index (χ3n) is 3.31. The molecule has 1 amide bonds. The fourth-order valence-corrected chi connectivity index (χ4v) is 3.72. The van der Waals surface area contributed by atoms with Gasteiger partial charge in [0.1, 0.15) is 0 Å². The summed E-state index contributed by atoms with van der Waals surface area (Å²) in [5.41, 5.74) is 0.445. The zero-order valence-electron chi connectivity index (χ0n) is 11.6. The number of piperazine rings is 1. The summed E-state index contributed by atoms with van der Waals surface area (Å²) in [6.45, 7) is 3.52. The molecule has 2 rings (SSSR count). The first-order valence-electron chi connectivity index (χ1n) is 6.51. The van der Waals surface area contributed by atoms with Crippen molar-refractivity contribution in [3.05, 3.63) is 29.8 Å². The molecule has 0 radical (unpaired) electrons. The third-order valence-corrected chi connectivity index (χ3v) is 5.19. The van der Waals surface area contributed by atoms with Gasteiger partial charge in [0.25, 0.3) is 5.91 Å². The van der Waals surface area contributed by atoms with Gasteiger partial charge in [-0.2, -0.15) is 4.31 Å². The van der Waals surface area contributed by atoms with E-state index in [9.17, 15) is 13.2 Å². The first-order chi connectivity index (χ1) is 9.45. The molecule has 0 aliphatic carbocycles. The highest BCUT2D eigenvalue weighted by atomic mass is 32.2. The predicted octanol–water partition coefficient (Wildman–Crippen LogP) is 0.0286. The van der Waals surface area contributed by atoms with E-state index in [1.807, 2.05) is 6.92 Å². The van der Waals surface area contributed by atoms with Crippen molar-refractivity contribution in [3.63, 3.8) is 0 Å². The molecule has 20 heavy (non-hydrogen) atoms. The molecule has 0 spiro atoms. The number of carbonyl (C=O) groups is 1. The number of sulfonamides is 1. The Morgan fingerprint density at radius 2 is 2.00 bits per heavy atom. The van der Waals surface area contributed by atoms with Crippen molar-refractivity contribution in [1.29, 1.82) is 0 Å². The molecular weight excluding hydrogens is 278 g/mol. The Kier molecular flexibility index (Phi) is 4.42. The molecule has 2 N–H and O–H groups in total. The van der Waals surface area contributed by atoms with Gasteiger partial charge in [0.2, 0.25) is 10.0 Å². The number of amides is 1. The Balaban J connectivity index is 2.23. The van der Waals surface area contributed by atoms with E-state index in [0.29, 0.717) is 25.2 Å². The number of hydrogen-bond donors (Lipinski definition) is 2. The number of nitrogens with one attached hydrogen (secondary N) is 2. The summed E-state index contributed by atoms with van der Waals surface area (Å²) in [5, 5.41) is 5.71. The highest BCUT2D eigenvalue weighted by Crippen LogP contribution is 2.18. The van der Waals surface area contributed by atoms with E-state index < -0.39 is 10.0 Å². The van der Waals surface area contributed by atoms with E-state index >= 15 is 0 Å². The van der Waals surface area contributed by atoms with Gasteiger partial charge in [0.05, 0.1) is 4.90 Å². The quantitative estimate of drug-likeness (QED) is 0.825. The lowest BCUT2D eigenvalue weighted by Gasteiger charge is -2.31. The van der Waals surface area contributed by atoms with Gasteiger partial charge in [-0.1, -0.05) is 0 Å². The van der Waals surface area contributed by atoms with Crippen LogP contribution in [0.15, 0.2) is 29.2 Å². The maximum atomic E-state index is 12.5. The van der Waals surface area contributed by atoms with Crippen molar-refractivity contribution in [2.45, 2.75) is 17.9 Å². The van der Waals surface area contributed by atoms with Crippen LogP contribution in [0.3, 0.4) is 0 Å². The first-order valence-corrected chi connectivity index (χ1v) is 7.95. The molecule has 6 nitrogen and oxygen atoms in total. The van der Waals surface area contributed by atoms with E-state index in [1.165, 1.54) is 35.6 Å². The summed E-state index contributed by atoms with van der Waals surface area (Å²) in [4.78, 5) is 11.7. The van der Waals surface area contributed by atoms with Crippen LogP contribution in [0.25, 0.3) is 0 Å². The van der Waals surface area contributed by atoms with Crippen LogP contribution in [-0.2, 0) is 10.0 Å². The molecule has 110 valence electrons. The lowest BCUT2D eigenvalue weighted by Crippen LogP contribution is -2.51. The Labute approximate surface area is 119 Å². The second-order valence-corrected chi connectivity index (χ2v) is 6.76. The van der Waals surface area contributed by atoms with Gasteiger partial charge < -0.3 is 10.6 Å². The average Bonchev–Trinajstić information content (AvgIpc) is 2.46. The van der Waals surface area contributed by atoms with E-state index in [2.05, 4.69) is 10.6 Å².